The van der Waals surface area contributed by atoms with Crippen molar-refractivity contribution >= 4 is 90.9 Å². The summed E-state index contributed by atoms with van der Waals surface area (Å²) in [6.07, 6.45) is 0. The van der Waals surface area contributed by atoms with Gasteiger partial charge in [0.1, 0.15) is 0 Å². The van der Waals surface area contributed by atoms with Crippen molar-refractivity contribution < 1.29 is 0 Å². The molecule has 0 saturated heterocycles. The first-order valence-electron chi connectivity index (χ1n) is 16.6. The van der Waals surface area contributed by atoms with Gasteiger partial charge >= 0.3 is 0 Å². The number of nitrogens with zero attached hydrogens (tertiary/aromatic N) is 1. The van der Waals surface area contributed by atoms with Crippen LogP contribution in [0.5, 0.6) is 0 Å². The topological polar surface area (TPSA) is 3.24 Å². The first-order valence-corrected chi connectivity index (χ1v) is 18.2. The summed E-state index contributed by atoms with van der Waals surface area (Å²) in [5.41, 5.74) is 8.42. The van der Waals surface area contributed by atoms with Crippen molar-refractivity contribution in [3.63, 3.8) is 0 Å². The van der Waals surface area contributed by atoms with Gasteiger partial charge in [-0.05, 0) is 81.6 Å². The molecule has 0 aliphatic carbocycles. The summed E-state index contributed by atoms with van der Waals surface area (Å²) in [7, 11) is 0. The summed E-state index contributed by atoms with van der Waals surface area (Å²) in [5.74, 6) is 0. The molecule has 8 aromatic carbocycles. The lowest BCUT2D eigenvalue weighted by atomic mass is 9.97. The molecule has 3 heteroatoms. The average molecular weight is 660 g/mol. The van der Waals surface area contributed by atoms with Crippen LogP contribution in [0.3, 0.4) is 0 Å². The molecule has 0 N–H and O–H groups in total. The molecule has 49 heavy (non-hydrogen) atoms. The number of hydrogen-bond donors (Lipinski definition) is 0. The molecule has 1 nitrogen and oxygen atoms in total. The fourth-order valence-electron chi connectivity index (χ4n) is 7.27. The molecule has 0 unspecified atom stereocenters. The van der Waals surface area contributed by atoms with E-state index in [0.29, 0.717) is 0 Å². The Hall–Kier alpha value is -5.74. The van der Waals surface area contributed by atoms with Gasteiger partial charge in [0.15, 0.2) is 0 Å². The molecule has 0 atom stereocenters. The summed E-state index contributed by atoms with van der Waals surface area (Å²) >= 11 is 3.76. The molecule has 10 rings (SSSR count). The molecule has 230 valence electrons. The molecule has 10 aromatic rings. The zero-order chi connectivity index (χ0) is 32.3. The van der Waals surface area contributed by atoms with Gasteiger partial charge < -0.3 is 4.90 Å². The second-order valence-electron chi connectivity index (χ2n) is 12.5. The molecular weight excluding hydrogens is 631 g/mol. The van der Waals surface area contributed by atoms with E-state index in [1.807, 2.05) is 22.7 Å². The van der Waals surface area contributed by atoms with Gasteiger partial charge in [-0.3, -0.25) is 0 Å². The summed E-state index contributed by atoms with van der Waals surface area (Å²) in [6, 6.07) is 64.4. The van der Waals surface area contributed by atoms with E-state index in [1.165, 1.54) is 84.7 Å². The van der Waals surface area contributed by atoms with E-state index in [0.717, 1.165) is 5.69 Å². The van der Waals surface area contributed by atoms with Gasteiger partial charge in [0.25, 0.3) is 0 Å². The van der Waals surface area contributed by atoms with Crippen molar-refractivity contribution in [2.24, 2.45) is 0 Å². The molecule has 0 aliphatic heterocycles. The van der Waals surface area contributed by atoms with E-state index in [1.54, 1.807) is 0 Å². The fraction of sp³-hybridized carbons (Fsp3) is 0. The Morgan fingerprint density at radius 1 is 0.327 bits per heavy atom. The van der Waals surface area contributed by atoms with Crippen LogP contribution < -0.4 is 4.90 Å². The average Bonchev–Trinajstić information content (AvgIpc) is 3.75. The molecule has 0 amide bonds. The highest BCUT2D eigenvalue weighted by Crippen LogP contribution is 2.48. The van der Waals surface area contributed by atoms with Gasteiger partial charge in [-0.1, -0.05) is 127 Å². The van der Waals surface area contributed by atoms with Crippen LogP contribution in [0.4, 0.5) is 17.1 Å². The van der Waals surface area contributed by atoms with Crippen LogP contribution in [0, 0.1) is 0 Å². The Bertz CT molecular complexity index is 2730. The van der Waals surface area contributed by atoms with Gasteiger partial charge in [0, 0.05) is 36.6 Å². The van der Waals surface area contributed by atoms with Gasteiger partial charge in [-0.15, -0.1) is 22.7 Å². The maximum atomic E-state index is 2.48. The van der Waals surface area contributed by atoms with E-state index in [-0.39, 0.29) is 0 Å². The third-order valence-electron chi connectivity index (χ3n) is 9.65. The van der Waals surface area contributed by atoms with E-state index < -0.39 is 0 Å². The third-order valence-corrected chi connectivity index (χ3v) is 12.1. The predicted octanol–water partition coefficient (Wildman–Crippen LogP) is 14.4. The highest BCUT2D eigenvalue weighted by molar-refractivity contribution is 7.27. The second-order valence-corrected chi connectivity index (χ2v) is 14.6. The maximum Gasteiger partial charge on any atom is 0.0640 e. The monoisotopic (exact) mass is 659 g/mol. The van der Waals surface area contributed by atoms with Crippen LogP contribution in [0.2, 0.25) is 0 Å². The summed E-state index contributed by atoms with van der Waals surface area (Å²) < 4.78 is 5.22. The van der Waals surface area contributed by atoms with Crippen molar-refractivity contribution in [1.29, 1.82) is 0 Å². The lowest BCUT2D eigenvalue weighted by molar-refractivity contribution is 1.32. The minimum absolute atomic E-state index is 1.14. The summed E-state index contributed by atoms with van der Waals surface area (Å²) in [5, 5.41) is 7.75. The van der Waals surface area contributed by atoms with Crippen molar-refractivity contribution in [2.75, 3.05) is 4.90 Å². The van der Waals surface area contributed by atoms with Crippen LogP contribution in [-0.4, -0.2) is 0 Å². The minimum Gasteiger partial charge on any atom is -0.308 e. The Morgan fingerprint density at radius 3 is 1.47 bits per heavy atom. The summed E-state index contributed by atoms with van der Waals surface area (Å²) in [6.45, 7) is 0. The van der Waals surface area contributed by atoms with Gasteiger partial charge in [0.2, 0.25) is 0 Å². The van der Waals surface area contributed by atoms with E-state index in [9.17, 15) is 0 Å². The SMILES string of the molecule is c1cc(-c2ccc(N(c3cccc4c3sc3ccccc34)c3cccc4c3sc3ccccc34)cc2)cc(-c2ccc3ccccc3c2)c1. The minimum atomic E-state index is 1.14. The van der Waals surface area contributed by atoms with Crippen LogP contribution in [0.15, 0.2) is 176 Å². The fourth-order valence-corrected chi connectivity index (χ4v) is 9.69. The Kier molecular flexibility index (Phi) is 6.61. The third kappa shape index (κ3) is 4.74. The van der Waals surface area contributed by atoms with Gasteiger partial charge in [-0.25, -0.2) is 0 Å². The van der Waals surface area contributed by atoms with E-state index >= 15 is 0 Å². The van der Waals surface area contributed by atoms with E-state index in [2.05, 4.69) is 181 Å². The normalized spacial score (nSPS) is 11.7. The quantitative estimate of drug-likeness (QED) is 0.178. The first kappa shape index (κ1) is 28.3. The van der Waals surface area contributed by atoms with Gasteiger partial charge in [-0.2, -0.15) is 0 Å². The summed E-state index contributed by atoms with van der Waals surface area (Å²) in [4.78, 5) is 2.48. The van der Waals surface area contributed by atoms with Crippen LogP contribution in [0.25, 0.3) is 73.4 Å². The molecule has 0 radical (unpaired) electrons. The highest BCUT2D eigenvalue weighted by Gasteiger charge is 2.21. The molecular formula is C46H29NS2. The van der Waals surface area contributed by atoms with Crippen LogP contribution >= 0.6 is 22.7 Å². The Balaban J connectivity index is 1.13. The largest absolute Gasteiger partial charge is 0.308 e. The Morgan fingerprint density at radius 2 is 0.816 bits per heavy atom. The van der Waals surface area contributed by atoms with Crippen molar-refractivity contribution in [3.8, 4) is 22.3 Å². The van der Waals surface area contributed by atoms with E-state index in [4.69, 9.17) is 0 Å². The molecule has 0 spiro atoms. The number of hydrogen-bond acceptors (Lipinski definition) is 3. The smallest absolute Gasteiger partial charge is 0.0640 e. The molecule has 2 aromatic heterocycles. The van der Waals surface area contributed by atoms with Crippen LogP contribution in [0.1, 0.15) is 0 Å². The lowest BCUT2D eigenvalue weighted by Gasteiger charge is -2.27. The van der Waals surface area contributed by atoms with Crippen molar-refractivity contribution in [3.05, 3.63) is 176 Å². The molecule has 0 bridgehead atoms. The van der Waals surface area contributed by atoms with Crippen molar-refractivity contribution in [2.45, 2.75) is 0 Å². The molecule has 0 aliphatic rings. The first-order chi connectivity index (χ1) is 24.3. The number of rotatable bonds is 5. The predicted molar refractivity (Wildman–Crippen MR) is 215 cm³/mol. The molecule has 0 saturated carbocycles. The lowest BCUT2D eigenvalue weighted by Crippen LogP contribution is -2.10. The maximum absolute atomic E-state index is 2.48. The number of thiophene rings is 2. The molecule has 2 heterocycles. The van der Waals surface area contributed by atoms with Crippen molar-refractivity contribution in [1.82, 2.24) is 0 Å². The standard InChI is InChI=1S/C46H29NS2/c1-2-11-32-29-35(23-22-30(32)10-1)34-13-7-12-33(28-34)31-24-26-36(27-25-31)47(41-18-8-16-39-37-14-3-5-20-43(37)48-45(39)41)42-19-9-17-40-38-15-4-6-21-44(38)49-46(40)42/h1-29H. The highest BCUT2D eigenvalue weighted by atomic mass is 32.1. The zero-order valence-corrected chi connectivity index (χ0v) is 28.1. The van der Waals surface area contributed by atoms with Crippen LogP contribution in [-0.2, 0) is 0 Å². The Labute approximate surface area is 292 Å². The second kappa shape index (κ2) is 11.5. The molecule has 0 fully saturated rings. The number of anilines is 3. The number of fused-ring (bicyclic) bond motifs is 7. The van der Waals surface area contributed by atoms with Gasteiger partial charge in [0.05, 0.1) is 20.8 Å². The zero-order valence-electron chi connectivity index (χ0n) is 26.5. The number of benzene rings is 8.